The third-order valence-electron chi connectivity index (χ3n) is 3.70. The van der Waals surface area contributed by atoms with Crippen LogP contribution in [-0.2, 0) is 11.2 Å². The number of aromatic nitrogens is 1. The molecule has 20 heavy (non-hydrogen) atoms. The molecule has 1 aliphatic heterocycles. The van der Waals surface area contributed by atoms with Crippen LogP contribution in [0, 0.1) is 6.92 Å². The fourth-order valence-corrected chi connectivity index (χ4v) is 2.56. The summed E-state index contributed by atoms with van der Waals surface area (Å²) in [7, 11) is 0. The van der Waals surface area contributed by atoms with Gasteiger partial charge in [-0.3, -0.25) is 9.78 Å². The number of fused-ring (bicyclic) bond motifs is 1. The second-order valence-electron chi connectivity index (χ2n) is 5.12. The summed E-state index contributed by atoms with van der Waals surface area (Å²) < 4.78 is 5.78. The predicted molar refractivity (Wildman–Crippen MR) is 76.8 cm³/mol. The molecule has 102 valence electrons. The van der Waals surface area contributed by atoms with Gasteiger partial charge in [0, 0.05) is 23.9 Å². The zero-order valence-electron chi connectivity index (χ0n) is 11.5. The van der Waals surface area contributed by atoms with Crippen LogP contribution >= 0.6 is 0 Å². The molecule has 1 unspecified atom stereocenters. The van der Waals surface area contributed by atoms with E-state index in [1.54, 1.807) is 6.20 Å². The van der Waals surface area contributed by atoms with Gasteiger partial charge in [-0.25, -0.2) is 0 Å². The van der Waals surface area contributed by atoms with Gasteiger partial charge in [-0.05, 0) is 36.6 Å². The number of carbonyl (C=O) groups is 1. The maximum atomic E-state index is 12.3. The van der Waals surface area contributed by atoms with E-state index in [9.17, 15) is 4.79 Å². The van der Waals surface area contributed by atoms with Gasteiger partial charge in [0.25, 0.3) is 0 Å². The number of aryl methyl sites for hydroxylation is 1. The Morgan fingerprint density at radius 2 is 2.15 bits per heavy atom. The first-order valence-corrected chi connectivity index (χ1v) is 6.89. The fourth-order valence-electron chi connectivity index (χ4n) is 2.56. The SMILES string of the molecule is Cc1ccc(C(=O)CC2OCCc3ccccc32)cn1. The van der Waals surface area contributed by atoms with E-state index < -0.39 is 0 Å². The summed E-state index contributed by atoms with van der Waals surface area (Å²) in [5.74, 6) is 0.0826. The number of benzene rings is 1. The summed E-state index contributed by atoms with van der Waals surface area (Å²) in [4.78, 5) is 16.5. The number of ether oxygens (including phenoxy) is 1. The first-order chi connectivity index (χ1) is 9.74. The summed E-state index contributed by atoms with van der Waals surface area (Å²) in [6.45, 7) is 2.59. The number of rotatable bonds is 3. The zero-order chi connectivity index (χ0) is 13.9. The zero-order valence-corrected chi connectivity index (χ0v) is 11.5. The van der Waals surface area contributed by atoms with Gasteiger partial charge in [-0.1, -0.05) is 24.3 Å². The largest absolute Gasteiger partial charge is 0.373 e. The molecule has 3 heteroatoms. The van der Waals surface area contributed by atoms with Crippen molar-refractivity contribution >= 4 is 5.78 Å². The lowest BCUT2D eigenvalue weighted by Crippen LogP contribution is -2.19. The molecule has 0 radical (unpaired) electrons. The molecule has 1 aromatic carbocycles. The van der Waals surface area contributed by atoms with Crippen LogP contribution in [0.1, 0.15) is 39.7 Å². The van der Waals surface area contributed by atoms with E-state index in [-0.39, 0.29) is 11.9 Å². The van der Waals surface area contributed by atoms with Crippen molar-refractivity contribution in [1.82, 2.24) is 4.98 Å². The second-order valence-corrected chi connectivity index (χ2v) is 5.12. The van der Waals surface area contributed by atoms with Crippen molar-refractivity contribution in [3.05, 3.63) is 65.0 Å². The van der Waals surface area contributed by atoms with E-state index in [0.29, 0.717) is 18.6 Å². The number of hydrogen-bond acceptors (Lipinski definition) is 3. The Hall–Kier alpha value is -2.00. The highest BCUT2D eigenvalue weighted by Gasteiger charge is 2.23. The lowest BCUT2D eigenvalue weighted by Gasteiger charge is -2.25. The third kappa shape index (κ3) is 2.63. The molecular weight excluding hydrogens is 250 g/mol. The summed E-state index contributed by atoms with van der Waals surface area (Å²) in [6, 6.07) is 11.9. The maximum absolute atomic E-state index is 12.3. The number of pyridine rings is 1. The number of carbonyl (C=O) groups excluding carboxylic acids is 1. The Morgan fingerprint density at radius 1 is 1.30 bits per heavy atom. The highest BCUT2D eigenvalue weighted by molar-refractivity contribution is 5.96. The van der Waals surface area contributed by atoms with E-state index in [1.807, 2.05) is 31.2 Å². The molecule has 0 aliphatic carbocycles. The van der Waals surface area contributed by atoms with E-state index in [2.05, 4.69) is 17.1 Å². The molecule has 0 saturated heterocycles. The average Bonchev–Trinajstić information content (AvgIpc) is 2.48. The topological polar surface area (TPSA) is 39.2 Å². The van der Waals surface area contributed by atoms with Crippen LogP contribution in [0.4, 0.5) is 0 Å². The van der Waals surface area contributed by atoms with Crippen molar-refractivity contribution in [2.24, 2.45) is 0 Å². The second kappa shape index (κ2) is 5.55. The van der Waals surface area contributed by atoms with Crippen molar-refractivity contribution in [2.75, 3.05) is 6.61 Å². The molecule has 1 atom stereocenters. The number of hydrogen-bond donors (Lipinski definition) is 0. The van der Waals surface area contributed by atoms with Gasteiger partial charge in [0.2, 0.25) is 0 Å². The smallest absolute Gasteiger partial charge is 0.167 e. The maximum Gasteiger partial charge on any atom is 0.167 e. The first-order valence-electron chi connectivity index (χ1n) is 6.89. The van der Waals surface area contributed by atoms with E-state index in [0.717, 1.165) is 17.7 Å². The van der Waals surface area contributed by atoms with Gasteiger partial charge in [0.1, 0.15) is 0 Å². The molecule has 3 rings (SSSR count). The van der Waals surface area contributed by atoms with Gasteiger partial charge < -0.3 is 4.74 Å². The van der Waals surface area contributed by atoms with Crippen LogP contribution in [-0.4, -0.2) is 17.4 Å². The Kier molecular flexibility index (Phi) is 3.61. The van der Waals surface area contributed by atoms with E-state index in [1.165, 1.54) is 5.56 Å². The van der Waals surface area contributed by atoms with E-state index >= 15 is 0 Å². The van der Waals surface area contributed by atoms with Crippen molar-refractivity contribution in [1.29, 1.82) is 0 Å². The highest BCUT2D eigenvalue weighted by Crippen LogP contribution is 2.30. The Balaban J connectivity index is 1.79. The standard InChI is InChI=1S/C17H17NO2/c1-12-6-7-14(11-18-12)16(19)10-17-15-5-3-2-4-13(15)8-9-20-17/h2-7,11,17H,8-10H2,1H3. The molecule has 0 spiro atoms. The number of nitrogens with zero attached hydrogens (tertiary/aromatic N) is 1. The summed E-state index contributed by atoms with van der Waals surface area (Å²) >= 11 is 0. The van der Waals surface area contributed by atoms with Crippen LogP contribution in [0.15, 0.2) is 42.6 Å². The van der Waals surface area contributed by atoms with Crippen molar-refractivity contribution in [3.8, 4) is 0 Å². The highest BCUT2D eigenvalue weighted by atomic mass is 16.5. The Morgan fingerprint density at radius 3 is 2.95 bits per heavy atom. The predicted octanol–water partition coefficient (Wildman–Crippen LogP) is 3.28. The molecule has 3 nitrogen and oxygen atoms in total. The number of Topliss-reactive ketones (excluding diaryl/α,β-unsaturated/α-hetero) is 1. The minimum Gasteiger partial charge on any atom is -0.373 e. The Bertz CT molecular complexity index is 619. The molecule has 0 amide bonds. The average molecular weight is 267 g/mol. The first kappa shape index (κ1) is 13.0. The molecule has 0 N–H and O–H groups in total. The quantitative estimate of drug-likeness (QED) is 0.801. The molecule has 1 aromatic heterocycles. The Labute approximate surface area is 118 Å². The van der Waals surface area contributed by atoms with Gasteiger partial charge in [0.15, 0.2) is 5.78 Å². The molecule has 2 heterocycles. The molecule has 2 aromatic rings. The van der Waals surface area contributed by atoms with Gasteiger partial charge in [0.05, 0.1) is 12.7 Å². The van der Waals surface area contributed by atoms with Crippen LogP contribution in [0.2, 0.25) is 0 Å². The summed E-state index contributed by atoms with van der Waals surface area (Å²) in [5, 5.41) is 0. The minimum absolute atomic E-state index is 0.0826. The lowest BCUT2D eigenvalue weighted by atomic mass is 9.93. The summed E-state index contributed by atoms with van der Waals surface area (Å²) in [5.41, 5.74) is 4.01. The van der Waals surface area contributed by atoms with Gasteiger partial charge in [-0.15, -0.1) is 0 Å². The lowest BCUT2D eigenvalue weighted by molar-refractivity contribution is 0.0352. The molecular formula is C17H17NO2. The van der Waals surface area contributed by atoms with Gasteiger partial charge >= 0.3 is 0 Å². The van der Waals surface area contributed by atoms with Crippen molar-refractivity contribution < 1.29 is 9.53 Å². The fraction of sp³-hybridized carbons (Fsp3) is 0.294. The third-order valence-corrected chi connectivity index (χ3v) is 3.70. The summed E-state index contributed by atoms with van der Waals surface area (Å²) in [6.07, 6.45) is 2.81. The van der Waals surface area contributed by atoms with E-state index in [4.69, 9.17) is 4.74 Å². The molecule has 0 fully saturated rings. The molecule has 1 aliphatic rings. The molecule has 0 bridgehead atoms. The minimum atomic E-state index is -0.131. The monoisotopic (exact) mass is 267 g/mol. The van der Waals surface area contributed by atoms with Crippen LogP contribution in [0.5, 0.6) is 0 Å². The van der Waals surface area contributed by atoms with Crippen LogP contribution in [0.25, 0.3) is 0 Å². The van der Waals surface area contributed by atoms with Crippen LogP contribution in [0.3, 0.4) is 0 Å². The van der Waals surface area contributed by atoms with Crippen LogP contribution < -0.4 is 0 Å². The molecule has 0 saturated carbocycles. The normalized spacial score (nSPS) is 17.6. The van der Waals surface area contributed by atoms with Crippen molar-refractivity contribution in [3.63, 3.8) is 0 Å². The van der Waals surface area contributed by atoms with Crippen molar-refractivity contribution in [2.45, 2.75) is 25.9 Å². The number of ketones is 1. The van der Waals surface area contributed by atoms with Gasteiger partial charge in [-0.2, -0.15) is 0 Å².